The zero-order valence-corrected chi connectivity index (χ0v) is 16.5. The molecule has 22 heavy (non-hydrogen) atoms. The first-order valence-electron chi connectivity index (χ1n) is 9.50. The fraction of sp³-hybridized carbons (Fsp3) is 1.00. The lowest BCUT2D eigenvalue weighted by atomic mass is 9.83. The summed E-state index contributed by atoms with van der Waals surface area (Å²) in [5, 5.41) is 0. The minimum Gasteiger partial charge on any atom is -0.306 e. The number of rotatable bonds is 4. The van der Waals surface area contributed by atoms with Gasteiger partial charge >= 0.3 is 0 Å². The summed E-state index contributed by atoms with van der Waals surface area (Å²) in [5.41, 5.74) is 0. The summed E-state index contributed by atoms with van der Waals surface area (Å²) < 4.78 is 2.47. The topological polar surface area (TPSA) is 9.72 Å². The first-order chi connectivity index (χ1) is 10.7. The molecule has 3 aliphatic heterocycles. The highest BCUT2D eigenvalue weighted by atomic mass is 127. The van der Waals surface area contributed by atoms with Gasteiger partial charge in [0.1, 0.15) is 0 Å². The van der Waals surface area contributed by atoms with Crippen LogP contribution in [0.25, 0.3) is 0 Å². The number of hydrogen-bond donors (Lipinski definition) is 0. The van der Waals surface area contributed by atoms with E-state index in [1.54, 1.807) is 0 Å². The third kappa shape index (κ3) is 5.32. The summed E-state index contributed by atoms with van der Waals surface area (Å²) >= 11 is 2.49. The smallest absolute Gasteiger partial charge is 0.0201 e. The lowest BCUT2D eigenvalue weighted by Crippen LogP contribution is -2.41. The summed E-state index contributed by atoms with van der Waals surface area (Å²) in [6.45, 7) is 9.41. The molecule has 4 heteroatoms. The zero-order valence-electron chi connectivity index (χ0n) is 14.4. The van der Waals surface area contributed by atoms with Crippen molar-refractivity contribution in [2.75, 3.05) is 52.9 Å². The molecule has 3 heterocycles. The number of piperidine rings is 3. The quantitative estimate of drug-likeness (QED) is 0.510. The minimum absolute atomic E-state index is 0.973. The Bertz CT molecular complexity index is 282. The highest BCUT2D eigenvalue weighted by Crippen LogP contribution is 2.31. The molecule has 0 amide bonds. The lowest BCUT2D eigenvalue weighted by Gasteiger charge is -2.38. The van der Waals surface area contributed by atoms with Crippen molar-refractivity contribution in [2.24, 2.45) is 17.8 Å². The predicted octanol–water partition coefficient (Wildman–Crippen LogP) is 3.49. The molecule has 0 unspecified atom stereocenters. The van der Waals surface area contributed by atoms with Gasteiger partial charge in [-0.1, -0.05) is 0 Å². The maximum atomic E-state index is 2.78. The van der Waals surface area contributed by atoms with Crippen LogP contribution in [0.1, 0.15) is 44.9 Å². The molecule has 0 radical (unpaired) electrons. The minimum atomic E-state index is 0.973. The van der Waals surface area contributed by atoms with Crippen molar-refractivity contribution in [3.05, 3.63) is 0 Å². The van der Waals surface area contributed by atoms with E-state index in [9.17, 15) is 0 Å². The SMILES string of the molecule is CN1CCC(CN2CCC(CC3CCN(I)CC3)CC2)CC1. The van der Waals surface area contributed by atoms with Crippen molar-refractivity contribution in [1.82, 2.24) is 12.9 Å². The molecule has 0 aliphatic carbocycles. The Labute approximate surface area is 151 Å². The molecule has 0 atom stereocenters. The molecule has 0 aromatic rings. The maximum Gasteiger partial charge on any atom is 0.0201 e. The van der Waals surface area contributed by atoms with Gasteiger partial charge in [0.2, 0.25) is 0 Å². The molecule has 128 valence electrons. The number of likely N-dealkylation sites (tertiary alicyclic amines) is 2. The number of nitrogens with zero attached hydrogens (tertiary/aromatic N) is 3. The Hall–Kier alpha value is 0.610. The number of hydrogen-bond acceptors (Lipinski definition) is 3. The fourth-order valence-electron chi connectivity index (χ4n) is 4.62. The summed E-state index contributed by atoms with van der Waals surface area (Å²) in [6, 6.07) is 0. The average molecular weight is 419 g/mol. The lowest BCUT2D eigenvalue weighted by molar-refractivity contribution is 0.115. The van der Waals surface area contributed by atoms with E-state index in [1.165, 1.54) is 90.8 Å². The molecule has 3 aliphatic rings. The van der Waals surface area contributed by atoms with Crippen LogP contribution in [-0.4, -0.2) is 65.8 Å². The van der Waals surface area contributed by atoms with Crippen molar-refractivity contribution >= 4 is 22.9 Å². The normalized spacial score (nSPS) is 29.2. The Morgan fingerprint density at radius 1 is 0.727 bits per heavy atom. The molecule has 3 saturated heterocycles. The molecule has 0 bridgehead atoms. The van der Waals surface area contributed by atoms with E-state index in [-0.39, 0.29) is 0 Å². The van der Waals surface area contributed by atoms with Gasteiger partial charge in [0.25, 0.3) is 0 Å². The highest BCUT2D eigenvalue weighted by molar-refractivity contribution is 14.1. The second kappa shape index (κ2) is 8.63. The molecule has 0 N–H and O–H groups in total. The van der Waals surface area contributed by atoms with E-state index in [0.29, 0.717) is 0 Å². The standard InChI is InChI=1S/C18H34IN3/c1-20-8-2-18(3-9-20)15-21-10-4-16(5-11-21)14-17-6-12-22(19)13-7-17/h16-18H,2-15H2,1H3. The van der Waals surface area contributed by atoms with E-state index in [0.717, 1.165) is 17.8 Å². The van der Waals surface area contributed by atoms with E-state index in [2.05, 4.69) is 42.8 Å². The van der Waals surface area contributed by atoms with Crippen molar-refractivity contribution in [1.29, 1.82) is 0 Å². The van der Waals surface area contributed by atoms with Gasteiger partial charge in [0.05, 0.1) is 0 Å². The third-order valence-corrected chi connectivity index (χ3v) is 7.25. The van der Waals surface area contributed by atoms with Crippen molar-refractivity contribution in [2.45, 2.75) is 44.9 Å². The average Bonchev–Trinajstić information content (AvgIpc) is 2.54. The highest BCUT2D eigenvalue weighted by Gasteiger charge is 2.26. The molecular weight excluding hydrogens is 385 g/mol. The largest absolute Gasteiger partial charge is 0.306 e. The van der Waals surface area contributed by atoms with Crippen LogP contribution >= 0.6 is 22.9 Å². The van der Waals surface area contributed by atoms with E-state index in [4.69, 9.17) is 0 Å². The monoisotopic (exact) mass is 419 g/mol. The van der Waals surface area contributed by atoms with Gasteiger partial charge in [-0.25, -0.2) is 3.11 Å². The van der Waals surface area contributed by atoms with E-state index in [1.807, 2.05) is 0 Å². The Balaban J connectivity index is 1.32. The van der Waals surface area contributed by atoms with Gasteiger partial charge < -0.3 is 9.80 Å². The first kappa shape index (κ1) is 17.4. The summed E-state index contributed by atoms with van der Waals surface area (Å²) in [6.07, 6.45) is 10.2. The molecule has 0 saturated carbocycles. The van der Waals surface area contributed by atoms with Crippen LogP contribution in [0.15, 0.2) is 0 Å². The number of halogens is 1. The summed E-state index contributed by atoms with van der Waals surface area (Å²) in [7, 11) is 2.27. The zero-order chi connectivity index (χ0) is 15.4. The van der Waals surface area contributed by atoms with Crippen LogP contribution in [0.4, 0.5) is 0 Å². The van der Waals surface area contributed by atoms with Crippen molar-refractivity contribution in [3.63, 3.8) is 0 Å². The molecule has 3 rings (SSSR count). The van der Waals surface area contributed by atoms with Crippen LogP contribution in [0.3, 0.4) is 0 Å². The summed E-state index contributed by atoms with van der Waals surface area (Å²) in [5.74, 6) is 3.02. The van der Waals surface area contributed by atoms with Gasteiger partial charge in [-0.15, -0.1) is 0 Å². The second-order valence-electron chi connectivity index (χ2n) is 8.08. The van der Waals surface area contributed by atoms with Crippen LogP contribution < -0.4 is 0 Å². The van der Waals surface area contributed by atoms with Crippen molar-refractivity contribution < 1.29 is 0 Å². The van der Waals surface area contributed by atoms with Crippen LogP contribution in [0, 0.1) is 17.8 Å². The van der Waals surface area contributed by atoms with Gasteiger partial charge in [-0.3, -0.25) is 0 Å². The second-order valence-corrected chi connectivity index (χ2v) is 9.44. The molecule has 0 spiro atoms. The van der Waals surface area contributed by atoms with E-state index < -0.39 is 0 Å². The maximum absolute atomic E-state index is 2.78. The Kier molecular flexibility index (Phi) is 6.84. The van der Waals surface area contributed by atoms with Crippen molar-refractivity contribution in [3.8, 4) is 0 Å². The van der Waals surface area contributed by atoms with Crippen LogP contribution in [-0.2, 0) is 0 Å². The molecule has 0 aromatic carbocycles. The summed E-state index contributed by atoms with van der Waals surface area (Å²) in [4.78, 5) is 5.27. The van der Waals surface area contributed by atoms with E-state index >= 15 is 0 Å². The van der Waals surface area contributed by atoms with Gasteiger partial charge in [0.15, 0.2) is 0 Å². The Morgan fingerprint density at radius 2 is 1.23 bits per heavy atom. The molecule has 0 aromatic heterocycles. The van der Waals surface area contributed by atoms with Gasteiger partial charge in [-0.05, 0) is 95.9 Å². The molecule has 3 fully saturated rings. The third-order valence-electron chi connectivity index (χ3n) is 6.29. The Morgan fingerprint density at radius 3 is 1.82 bits per heavy atom. The van der Waals surface area contributed by atoms with Gasteiger partial charge in [0, 0.05) is 42.5 Å². The van der Waals surface area contributed by atoms with Gasteiger partial charge in [-0.2, -0.15) is 0 Å². The van der Waals surface area contributed by atoms with Crippen LogP contribution in [0.5, 0.6) is 0 Å². The predicted molar refractivity (Wildman–Crippen MR) is 102 cm³/mol. The molecule has 3 nitrogen and oxygen atoms in total. The fourth-order valence-corrected chi connectivity index (χ4v) is 5.18. The first-order valence-corrected chi connectivity index (χ1v) is 10.5. The molecular formula is C18H34IN3. The van der Waals surface area contributed by atoms with Crippen LogP contribution in [0.2, 0.25) is 0 Å².